The highest BCUT2D eigenvalue weighted by molar-refractivity contribution is 5.80. The van der Waals surface area contributed by atoms with Gasteiger partial charge < -0.3 is 9.55 Å². The van der Waals surface area contributed by atoms with E-state index in [0.717, 1.165) is 34.8 Å². The van der Waals surface area contributed by atoms with E-state index in [4.69, 9.17) is 0 Å². The molecule has 4 nitrogen and oxygen atoms in total. The smallest absolute Gasteiger partial charge is 0.251 e. The van der Waals surface area contributed by atoms with E-state index >= 15 is 0 Å². The summed E-state index contributed by atoms with van der Waals surface area (Å²) in [6.07, 6.45) is 0.979. The molecule has 0 saturated carbocycles. The van der Waals surface area contributed by atoms with Crippen molar-refractivity contribution >= 4 is 21.8 Å². The van der Waals surface area contributed by atoms with Gasteiger partial charge in [-0.2, -0.15) is 0 Å². The standard InChI is InChI=1S/C13H15NO.C10H9NO/c1-3-8-14-12-6-4-10(2)9-11(12)5-7-13(14)15;1-7-2-4-9-8(6-7)3-5-10(12)11-9/h4-7,9H,3,8H2,1-2H3;2-6H,1H3,(H,11,12). The van der Waals surface area contributed by atoms with E-state index in [1.54, 1.807) is 12.1 Å². The van der Waals surface area contributed by atoms with Crippen molar-refractivity contribution in [3.8, 4) is 0 Å². The molecular formula is C23H24N2O2. The maximum absolute atomic E-state index is 11.7. The average molecular weight is 360 g/mol. The summed E-state index contributed by atoms with van der Waals surface area (Å²) in [5, 5.41) is 2.22. The van der Waals surface area contributed by atoms with Crippen LogP contribution >= 0.6 is 0 Å². The van der Waals surface area contributed by atoms with Crippen molar-refractivity contribution in [3.05, 3.63) is 92.5 Å². The molecule has 0 unspecified atom stereocenters. The summed E-state index contributed by atoms with van der Waals surface area (Å²) < 4.78 is 1.84. The number of aromatic amines is 1. The Bertz CT molecular complexity index is 1200. The molecule has 2 aromatic carbocycles. The number of rotatable bonds is 2. The molecule has 27 heavy (non-hydrogen) atoms. The fraction of sp³-hybridized carbons (Fsp3) is 0.217. The van der Waals surface area contributed by atoms with Crippen molar-refractivity contribution in [1.29, 1.82) is 0 Å². The maximum Gasteiger partial charge on any atom is 0.251 e. The monoisotopic (exact) mass is 360 g/mol. The van der Waals surface area contributed by atoms with Gasteiger partial charge in [0.1, 0.15) is 0 Å². The number of nitrogens with zero attached hydrogens (tertiary/aromatic N) is 1. The first-order valence-corrected chi connectivity index (χ1v) is 9.18. The molecule has 4 rings (SSSR count). The van der Waals surface area contributed by atoms with Gasteiger partial charge in [-0.05, 0) is 67.4 Å². The molecule has 138 valence electrons. The summed E-state index contributed by atoms with van der Waals surface area (Å²) in [4.78, 5) is 25.3. The van der Waals surface area contributed by atoms with E-state index < -0.39 is 0 Å². The van der Waals surface area contributed by atoms with Gasteiger partial charge in [0.25, 0.3) is 5.56 Å². The second-order valence-electron chi connectivity index (χ2n) is 6.80. The molecule has 4 aromatic rings. The Balaban J connectivity index is 0.000000159. The Morgan fingerprint density at radius 1 is 0.815 bits per heavy atom. The van der Waals surface area contributed by atoms with Gasteiger partial charge >= 0.3 is 0 Å². The Hall–Kier alpha value is -3.14. The van der Waals surface area contributed by atoms with Gasteiger partial charge in [0.05, 0.1) is 5.52 Å². The third-order valence-electron chi connectivity index (χ3n) is 4.47. The van der Waals surface area contributed by atoms with Crippen LogP contribution in [0.5, 0.6) is 0 Å². The predicted octanol–water partition coefficient (Wildman–Crippen LogP) is 4.56. The minimum atomic E-state index is -0.0497. The molecular weight excluding hydrogens is 336 g/mol. The van der Waals surface area contributed by atoms with E-state index in [0.29, 0.717) is 0 Å². The molecule has 0 saturated heterocycles. The van der Waals surface area contributed by atoms with Crippen molar-refractivity contribution in [2.75, 3.05) is 0 Å². The highest BCUT2D eigenvalue weighted by Crippen LogP contribution is 2.14. The second-order valence-corrected chi connectivity index (χ2v) is 6.80. The quantitative estimate of drug-likeness (QED) is 0.570. The van der Waals surface area contributed by atoms with E-state index in [2.05, 4.69) is 24.9 Å². The molecule has 0 amide bonds. The molecule has 2 heterocycles. The first kappa shape index (κ1) is 18.6. The zero-order chi connectivity index (χ0) is 19.4. The van der Waals surface area contributed by atoms with Crippen LogP contribution in [0, 0.1) is 13.8 Å². The zero-order valence-electron chi connectivity index (χ0n) is 16.0. The first-order valence-electron chi connectivity index (χ1n) is 9.18. The molecule has 0 spiro atoms. The molecule has 2 aromatic heterocycles. The van der Waals surface area contributed by atoms with Crippen LogP contribution in [0.25, 0.3) is 21.8 Å². The van der Waals surface area contributed by atoms with Crippen molar-refractivity contribution in [1.82, 2.24) is 9.55 Å². The van der Waals surface area contributed by atoms with Crippen LogP contribution in [0.15, 0.2) is 70.3 Å². The molecule has 0 atom stereocenters. The molecule has 1 N–H and O–H groups in total. The Morgan fingerprint density at radius 2 is 1.48 bits per heavy atom. The third-order valence-corrected chi connectivity index (χ3v) is 4.47. The van der Waals surface area contributed by atoms with Gasteiger partial charge in [0.15, 0.2) is 0 Å². The van der Waals surface area contributed by atoms with Gasteiger partial charge in [0, 0.05) is 24.2 Å². The largest absolute Gasteiger partial charge is 0.322 e. The van der Waals surface area contributed by atoms with Gasteiger partial charge in [-0.1, -0.05) is 30.2 Å². The number of hydrogen-bond acceptors (Lipinski definition) is 2. The lowest BCUT2D eigenvalue weighted by atomic mass is 10.1. The highest BCUT2D eigenvalue weighted by Gasteiger charge is 2.01. The minimum Gasteiger partial charge on any atom is -0.322 e. The summed E-state index contributed by atoms with van der Waals surface area (Å²) in [6.45, 7) is 6.97. The Labute approximate surface area is 158 Å². The van der Waals surface area contributed by atoms with Gasteiger partial charge in [0.2, 0.25) is 5.56 Å². The molecule has 0 fully saturated rings. The topological polar surface area (TPSA) is 54.9 Å². The van der Waals surface area contributed by atoms with Crippen LogP contribution in [-0.2, 0) is 6.54 Å². The number of pyridine rings is 2. The number of H-pyrrole nitrogens is 1. The van der Waals surface area contributed by atoms with Crippen LogP contribution in [0.4, 0.5) is 0 Å². The summed E-state index contributed by atoms with van der Waals surface area (Å²) in [7, 11) is 0. The minimum absolute atomic E-state index is 0.0497. The number of hydrogen-bond donors (Lipinski definition) is 1. The number of nitrogens with one attached hydrogen (secondary N) is 1. The van der Waals surface area contributed by atoms with Crippen LogP contribution in [-0.4, -0.2) is 9.55 Å². The van der Waals surface area contributed by atoms with E-state index in [-0.39, 0.29) is 11.1 Å². The van der Waals surface area contributed by atoms with Gasteiger partial charge in [-0.15, -0.1) is 0 Å². The summed E-state index contributed by atoms with van der Waals surface area (Å²) in [6, 6.07) is 19.1. The van der Waals surface area contributed by atoms with E-state index in [1.165, 1.54) is 11.1 Å². The fourth-order valence-corrected chi connectivity index (χ4v) is 3.15. The van der Waals surface area contributed by atoms with Gasteiger partial charge in [-0.3, -0.25) is 9.59 Å². The maximum atomic E-state index is 11.7. The SMILES string of the molecule is CCCn1c(=O)ccc2cc(C)ccc21.Cc1ccc2[nH]c(=O)ccc2c1. The summed E-state index contributed by atoms with van der Waals surface area (Å²) in [5.74, 6) is 0. The molecule has 0 radical (unpaired) electrons. The van der Waals surface area contributed by atoms with Crippen LogP contribution in [0.2, 0.25) is 0 Å². The molecule has 0 aliphatic rings. The molecule has 4 heteroatoms. The summed E-state index contributed by atoms with van der Waals surface area (Å²) in [5.41, 5.74) is 4.40. The number of aryl methyl sites for hydroxylation is 3. The van der Waals surface area contributed by atoms with E-state index in [9.17, 15) is 9.59 Å². The molecule has 0 aliphatic heterocycles. The highest BCUT2D eigenvalue weighted by atomic mass is 16.1. The van der Waals surface area contributed by atoms with Crippen molar-refractivity contribution in [2.45, 2.75) is 33.7 Å². The lowest BCUT2D eigenvalue weighted by Gasteiger charge is -2.08. The number of aromatic nitrogens is 2. The predicted molar refractivity (Wildman–Crippen MR) is 113 cm³/mol. The average Bonchev–Trinajstić information content (AvgIpc) is 2.65. The van der Waals surface area contributed by atoms with Crippen molar-refractivity contribution in [3.63, 3.8) is 0 Å². The third kappa shape index (κ3) is 4.34. The van der Waals surface area contributed by atoms with Crippen molar-refractivity contribution < 1.29 is 0 Å². The Kier molecular flexibility index (Phi) is 5.55. The van der Waals surface area contributed by atoms with E-state index in [1.807, 2.05) is 54.0 Å². The van der Waals surface area contributed by atoms with Crippen LogP contribution in [0.1, 0.15) is 24.5 Å². The van der Waals surface area contributed by atoms with Gasteiger partial charge in [-0.25, -0.2) is 0 Å². The van der Waals surface area contributed by atoms with Crippen LogP contribution in [0.3, 0.4) is 0 Å². The van der Waals surface area contributed by atoms with Crippen molar-refractivity contribution in [2.24, 2.45) is 0 Å². The first-order chi connectivity index (χ1) is 13.0. The molecule has 0 bridgehead atoms. The second kappa shape index (κ2) is 8.04. The lowest BCUT2D eigenvalue weighted by molar-refractivity contribution is 0.678. The lowest BCUT2D eigenvalue weighted by Crippen LogP contribution is -2.18. The normalized spacial score (nSPS) is 10.6. The number of fused-ring (bicyclic) bond motifs is 2. The zero-order valence-corrected chi connectivity index (χ0v) is 16.0. The number of benzene rings is 2. The fourth-order valence-electron chi connectivity index (χ4n) is 3.15. The summed E-state index contributed by atoms with van der Waals surface area (Å²) >= 11 is 0. The Morgan fingerprint density at radius 3 is 2.22 bits per heavy atom. The molecule has 0 aliphatic carbocycles. The van der Waals surface area contributed by atoms with Crippen LogP contribution < -0.4 is 11.1 Å².